The van der Waals surface area contributed by atoms with Gasteiger partial charge in [-0.05, 0) is 36.6 Å². The number of hydrogen-bond donors (Lipinski definition) is 1. The van der Waals surface area contributed by atoms with Crippen molar-refractivity contribution in [3.63, 3.8) is 0 Å². The van der Waals surface area contributed by atoms with Gasteiger partial charge in [0.05, 0.1) is 11.0 Å². The average Bonchev–Trinajstić information content (AvgIpc) is 2.77. The minimum absolute atomic E-state index is 0.106. The second-order valence-electron chi connectivity index (χ2n) is 4.78. The van der Waals surface area contributed by atoms with Crippen molar-refractivity contribution in [3.8, 4) is 0 Å². The molecule has 0 aromatic heterocycles. The zero-order chi connectivity index (χ0) is 14.3. The van der Waals surface area contributed by atoms with Crippen molar-refractivity contribution in [3.05, 3.63) is 35.1 Å². The third kappa shape index (κ3) is 2.31. The normalized spacial score (nSPS) is 18.5. The van der Waals surface area contributed by atoms with Gasteiger partial charge in [-0.15, -0.1) is 0 Å². The van der Waals surface area contributed by atoms with Crippen molar-refractivity contribution in [1.29, 1.82) is 0 Å². The number of carboxylic acid groups (broad SMARTS) is 1. The third-order valence-electron chi connectivity index (χ3n) is 3.67. The van der Waals surface area contributed by atoms with Crippen LogP contribution in [-0.4, -0.2) is 11.1 Å². The fourth-order valence-corrected chi connectivity index (χ4v) is 2.74. The maximum atomic E-state index is 13.3. The maximum Gasteiger partial charge on any atom is 0.416 e. The molecule has 0 spiro atoms. The first kappa shape index (κ1) is 13.8. The van der Waals surface area contributed by atoms with E-state index >= 15 is 0 Å². The molecule has 0 atom stereocenters. The number of alkyl halides is 3. The van der Waals surface area contributed by atoms with Gasteiger partial charge < -0.3 is 5.11 Å². The zero-order valence-electron chi connectivity index (χ0n) is 9.93. The molecule has 1 aromatic rings. The minimum Gasteiger partial charge on any atom is -0.481 e. The van der Waals surface area contributed by atoms with Crippen LogP contribution in [0.1, 0.15) is 36.8 Å². The number of benzene rings is 1. The van der Waals surface area contributed by atoms with Crippen LogP contribution in [0.5, 0.6) is 0 Å². The molecule has 0 heterocycles. The van der Waals surface area contributed by atoms with E-state index in [0.29, 0.717) is 31.0 Å². The van der Waals surface area contributed by atoms with Crippen LogP contribution >= 0.6 is 0 Å². The second kappa shape index (κ2) is 4.51. The molecule has 0 aliphatic heterocycles. The van der Waals surface area contributed by atoms with Gasteiger partial charge in [0.2, 0.25) is 0 Å². The van der Waals surface area contributed by atoms with Gasteiger partial charge in [0.25, 0.3) is 0 Å². The summed E-state index contributed by atoms with van der Waals surface area (Å²) in [5.74, 6) is -2.17. The van der Waals surface area contributed by atoms with Crippen molar-refractivity contribution < 1.29 is 27.5 Å². The molecule has 6 heteroatoms. The summed E-state index contributed by atoms with van der Waals surface area (Å²) in [6, 6.07) is 2.03. The molecule has 104 valence electrons. The molecule has 2 rings (SSSR count). The zero-order valence-corrected chi connectivity index (χ0v) is 9.93. The summed E-state index contributed by atoms with van der Waals surface area (Å²) in [5.41, 5.74) is -3.13. The Morgan fingerprint density at radius 1 is 1.21 bits per heavy atom. The van der Waals surface area contributed by atoms with E-state index in [9.17, 15) is 27.5 Å². The summed E-state index contributed by atoms with van der Waals surface area (Å²) in [6.45, 7) is 0. The van der Waals surface area contributed by atoms with E-state index in [0.717, 1.165) is 0 Å². The van der Waals surface area contributed by atoms with Gasteiger partial charge in [0, 0.05) is 0 Å². The lowest BCUT2D eigenvalue weighted by atomic mass is 9.76. The van der Waals surface area contributed by atoms with Crippen molar-refractivity contribution in [2.45, 2.75) is 37.3 Å². The molecular weight excluding hydrogens is 264 g/mol. The Balaban J connectivity index is 2.66. The molecule has 2 nitrogen and oxygen atoms in total. The van der Waals surface area contributed by atoms with Crippen LogP contribution in [0, 0.1) is 5.82 Å². The van der Waals surface area contributed by atoms with Crippen LogP contribution in [0.2, 0.25) is 0 Å². The van der Waals surface area contributed by atoms with Gasteiger partial charge in [0.1, 0.15) is 5.82 Å². The molecule has 1 aliphatic rings. The number of carbonyl (C=O) groups is 1. The largest absolute Gasteiger partial charge is 0.481 e. The van der Waals surface area contributed by atoms with Gasteiger partial charge in [-0.1, -0.05) is 12.8 Å². The molecule has 1 N–H and O–H groups in total. The summed E-state index contributed by atoms with van der Waals surface area (Å²) in [5, 5.41) is 9.31. The highest BCUT2D eigenvalue weighted by molar-refractivity contribution is 5.82. The maximum absolute atomic E-state index is 13.3. The Morgan fingerprint density at radius 3 is 2.26 bits per heavy atom. The fraction of sp³-hybridized carbons (Fsp3) is 0.462. The minimum atomic E-state index is -4.69. The van der Waals surface area contributed by atoms with E-state index < -0.39 is 34.5 Å². The Kier molecular flexibility index (Phi) is 3.28. The predicted molar refractivity (Wildman–Crippen MR) is 59.2 cm³/mol. The van der Waals surface area contributed by atoms with E-state index in [-0.39, 0.29) is 12.8 Å². The molecule has 19 heavy (non-hydrogen) atoms. The molecule has 1 aromatic carbocycles. The van der Waals surface area contributed by atoms with Crippen LogP contribution in [0.3, 0.4) is 0 Å². The van der Waals surface area contributed by atoms with Crippen molar-refractivity contribution in [1.82, 2.24) is 0 Å². The van der Waals surface area contributed by atoms with Crippen LogP contribution in [0.4, 0.5) is 17.6 Å². The summed E-state index contributed by atoms with van der Waals surface area (Å²) >= 11 is 0. The molecule has 1 fully saturated rings. The molecule has 0 bridgehead atoms. The Bertz CT molecular complexity index is 502. The lowest BCUT2D eigenvalue weighted by molar-refractivity contribution is -0.146. The standard InChI is InChI=1S/C13H12F4O2/c14-8-3-4-9(13(15,16)17)10(7-8)12(11(18)19)5-1-2-6-12/h3-4,7H,1-2,5-6H2,(H,18,19). The lowest BCUT2D eigenvalue weighted by Crippen LogP contribution is -2.35. The van der Waals surface area contributed by atoms with Crippen LogP contribution in [0.15, 0.2) is 18.2 Å². The smallest absolute Gasteiger partial charge is 0.416 e. The highest BCUT2D eigenvalue weighted by atomic mass is 19.4. The molecular formula is C13H12F4O2. The van der Waals surface area contributed by atoms with E-state index in [1.165, 1.54) is 0 Å². The Morgan fingerprint density at radius 2 is 1.79 bits per heavy atom. The summed E-state index contributed by atoms with van der Waals surface area (Å²) in [7, 11) is 0. The van der Waals surface area contributed by atoms with Crippen molar-refractivity contribution in [2.75, 3.05) is 0 Å². The van der Waals surface area contributed by atoms with E-state index in [1.807, 2.05) is 0 Å². The summed E-state index contributed by atoms with van der Waals surface area (Å²) in [4.78, 5) is 11.4. The Labute approximate surface area is 107 Å². The molecule has 0 radical (unpaired) electrons. The van der Waals surface area contributed by atoms with Crippen LogP contribution in [0.25, 0.3) is 0 Å². The molecule has 0 unspecified atom stereocenters. The third-order valence-corrected chi connectivity index (χ3v) is 3.67. The van der Waals surface area contributed by atoms with Crippen molar-refractivity contribution in [2.24, 2.45) is 0 Å². The first-order valence-electron chi connectivity index (χ1n) is 5.88. The summed E-state index contributed by atoms with van der Waals surface area (Å²) in [6.07, 6.45) is -3.42. The first-order valence-corrected chi connectivity index (χ1v) is 5.88. The number of aliphatic carboxylic acids is 1. The molecule has 0 saturated heterocycles. The lowest BCUT2D eigenvalue weighted by Gasteiger charge is -2.27. The van der Waals surface area contributed by atoms with E-state index in [1.54, 1.807) is 0 Å². The number of halogens is 4. The van der Waals surface area contributed by atoms with Gasteiger partial charge in [-0.25, -0.2) is 4.39 Å². The second-order valence-corrected chi connectivity index (χ2v) is 4.78. The molecule has 1 aliphatic carbocycles. The van der Waals surface area contributed by atoms with E-state index in [2.05, 4.69) is 0 Å². The number of rotatable bonds is 2. The van der Waals surface area contributed by atoms with E-state index in [4.69, 9.17) is 0 Å². The monoisotopic (exact) mass is 276 g/mol. The quantitative estimate of drug-likeness (QED) is 0.835. The van der Waals surface area contributed by atoms with Gasteiger partial charge >= 0.3 is 12.1 Å². The predicted octanol–water partition coefficient (Wildman–Crippen LogP) is 3.74. The van der Waals surface area contributed by atoms with Gasteiger partial charge in [-0.2, -0.15) is 13.2 Å². The van der Waals surface area contributed by atoms with Crippen LogP contribution < -0.4 is 0 Å². The molecule has 1 saturated carbocycles. The first-order chi connectivity index (χ1) is 8.77. The molecule has 0 amide bonds. The number of carboxylic acids is 1. The van der Waals surface area contributed by atoms with Crippen molar-refractivity contribution >= 4 is 5.97 Å². The van der Waals surface area contributed by atoms with Crippen LogP contribution in [-0.2, 0) is 16.4 Å². The van der Waals surface area contributed by atoms with Gasteiger partial charge in [0.15, 0.2) is 0 Å². The highest BCUT2D eigenvalue weighted by Crippen LogP contribution is 2.46. The SMILES string of the molecule is O=C(O)C1(c2cc(F)ccc2C(F)(F)F)CCCC1. The highest BCUT2D eigenvalue weighted by Gasteiger charge is 2.48. The van der Waals surface area contributed by atoms with Gasteiger partial charge in [-0.3, -0.25) is 4.79 Å². The Hall–Kier alpha value is -1.59. The summed E-state index contributed by atoms with van der Waals surface area (Å²) < 4.78 is 52.1. The fourth-order valence-electron chi connectivity index (χ4n) is 2.74. The number of hydrogen-bond acceptors (Lipinski definition) is 1. The average molecular weight is 276 g/mol. The topological polar surface area (TPSA) is 37.3 Å².